The number of rotatable bonds is 16. The van der Waals surface area contributed by atoms with E-state index in [0.29, 0.717) is 12.0 Å². The monoisotopic (exact) mass is 522 g/mol. The minimum Gasteiger partial charge on any atom is -0.508 e. The Kier molecular flexibility index (Phi) is 12.9. The highest BCUT2D eigenvalue weighted by Gasteiger charge is 2.28. The lowest BCUT2D eigenvalue weighted by molar-refractivity contribution is -0.138. The van der Waals surface area contributed by atoms with Gasteiger partial charge in [-0.05, 0) is 37.0 Å². The van der Waals surface area contributed by atoms with Gasteiger partial charge in [-0.2, -0.15) is 0 Å². The van der Waals surface area contributed by atoms with E-state index in [4.69, 9.17) is 28.0 Å². The average Bonchev–Trinajstić information content (AvgIpc) is 2.83. The van der Waals surface area contributed by atoms with Crippen LogP contribution in [0, 0.1) is 0 Å². The normalized spacial score (nSPS) is 12.9. The molecule has 0 aliphatic rings. The van der Waals surface area contributed by atoms with Crippen molar-refractivity contribution in [3.05, 3.63) is 29.8 Å². The van der Waals surface area contributed by atoms with Crippen LogP contribution in [-0.4, -0.2) is 77.0 Å². The lowest BCUT2D eigenvalue weighted by atomic mass is 10.0. The van der Waals surface area contributed by atoms with Crippen LogP contribution in [0.3, 0.4) is 0 Å². The molecule has 15 heteroatoms. The third-order valence-corrected chi connectivity index (χ3v) is 5.04. The molecule has 204 valence electrons. The van der Waals surface area contributed by atoms with Crippen LogP contribution in [0.1, 0.15) is 31.2 Å². The zero-order valence-electron chi connectivity index (χ0n) is 20.2. The van der Waals surface area contributed by atoms with E-state index in [1.165, 1.54) is 24.3 Å². The maximum atomic E-state index is 13.0. The van der Waals surface area contributed by atoms with E-state index in [1.54, 1.807) is 0 Å². The van der Waals surface area contributed by atoms with Crippen molar-refractivity contribution in [1.29, 1.82) is 0 Å². The molecule has 0 fully saturated rings. The Morgan fingerprint density at radius 2 is 1.51 bits per heavy atom. The molecule has 4 amide bonds. The van der Waals surface area contributed by atoms with Crippen molar-refractivity contribution >= 4 is 35.6 Å². The van der Waals surface area contributed by atoms with Crippen LogP contribution >= 0.6 is 0 Å². The average molecular weight is 523 g/mol. The van der Waals surface area contributed by atoms with Crippen LogP contribution in [0.5, 0.6) is 5.75 Å². The van der Waals surface area contributed by atoms with Crippen molar-refractivity contribution in [2.75, 3.05) is 13.1 Å². The summed E-state index contributed by atoms with van der Waals surface area (Å²) in [6.07, 6.45) is 0.122. The zero-order chi connectivity index (χ0) is 28.0. The molecule has 3 atom stereocenters. The first-order valence-corrected chi connectivity index (χ1v) is 11.4. The van der Waals surface area contributed by atoms with Crippen LogP contribution in [0.15, 0.2) is 29.3 Å². The van der Waals surface area contributed by atoms with Crippen LogP contribution in [0.2, 0.25) is 0 Å². The topological polar surface area (TPSA) is 278 Å². The predicted octanol–water partition coefficient (Wildman–Crippen LogP) is -3.25. The summed E-state index contributed by atoms with van der Waals surface area (Å²) in [7, 11) is 0. The second-order valence-electron chi connectivity index (χ2n) is 8.16. The van der Waals surface area contributed by atoms with Gasteiger partial charge in [0.05, 0.1) is 6.04 Å². The first-order chi connectivity index (χ1) is 17.4. The highest BCUT2D eigenvalue weighted by atomic mass is 16.4. The number of aliphatic imine (C=N–C) groups is 1. The van der Waals surface area contributed by atoms with Crippen LogP contribution in [-0.2, 0) is 30.4 Å². The number of carboxylic acids is 1. The van der Waals surface area contributed by atoms with Crippen molar-refractivity contribution in [1.82, 2.24) is 16.0 Å². The number of nitrogens with one attached hydrogen (secondary N) is 3. The molecule has 0 aliphatic carbocycles. The van der Waals surface area contributed by atoms with Gasteiger partial charge < -0.3 is 49.1 Å². The van der Waals surface area contributed by atoms with E-state index < -0.39 is 54.3 Å². The minimum absolute atomic E-state index is 0.0106. The molecule has 1 rings (SSSR count). The molecule has 0 radical (unpaired) electrons. The van der Waals surface area contributed by atoms with E-state index in [0.717, 1.165) is 0 Å². The van der Waals surface area contributed by atoms with Crippen LogP contribution in [0.25, 0.3) is 0 Å². The minimum atomic E-state index is -1.29. The number of carbonyl (C=O) groups is 5. The summed E-state index contributed by atoms with van der Waals surface area (Å²) < 4.78 is 0. The maximum absolute atomic E-state index is 13.0. The van der Waals surface area contributed by atoms with Gasteiger partial charge in [-0.15, -0.1) is 0 Å². The number of amides is 4. The molecule has 37 heavy (non-hydrogen) atoms. The van der Waals surface area contributed by atoms with E-state index in [2.05, 4.69) is 20.9 Å². The molecule has 0 bridgehead atoms. The lowest BCUT2D eigenvalue weighted by Crippen LogP contribution is -2.56. The number of carbonyl (C=O) groups excluding carboxylic acids is 4. The van der Waals surface area contributed by atoms with Gasteiger partial charge in [0.25, 0.3) is 0 Å². The number of nitrogens with two attached hydrogens (primary N) is 4. The summed E-state index contributed by atoms with van der Waals surface area (Å²) >= 11 is 0. The molecule has 13 N–H and O–H groups in total. The fourth-order valence-corrected chi connectivity index (χ4v) is 3.12. The third-order valence-electron chi connectivity index (χ3n) is 5.04. The SMILES string of the molecule is NC(=O)CCC(NC(=O)C(N)CCCN=C(N)N)C(=O)NC(Cc1ccc(O)cc1)C(=O)NCC(=O)O. The number of aromatic hydroxyl groups is 1. The summed E-state index contributed by atoms with van der Waals surface area (Å²) in [5.74, 6) is -4.40. The standard InChI is InChI=1S/C22H34N8O7/c23-14(2-1-9-27-22(25)26)19(35)29-15(7-8-17(24)32)21(37)30-16(20(36)28-11-18(33)34)10-12-3-5-13(31)6-4-12/h3-6,14-16,31H,1-2,7-11,23H2,(H2,24,32)(H,28,36)(H,29,35)(H,30,37)(H,33,34)(H4,25,26,27). The number of benzene rings is 1. The molecule has 0 heterocycles. The number of phenolic OH excluding ortho intramolecular Hbond substituents is 1. The number of phenols is 1. The van der Waals surface area contributed by atoms with Crippen molar-refractivity contribution < 1.29 is 34.2 Å². The molecule has 0 aliphatic heterocycles. The Bertz CT molecular complexity index is 980. The third kappa shape index (κ3) is 12.7. The molecule has 1 aromatic rings. The quantitative estimate of drug-likeness (QED) is 0.0593. The Labute approximate surface area is 213 Å². The van der Waals surface area contributed by atoms with Crippen molar-refractivity contribution in [3.63, 3.8) is 0 Å². The van der Waals surface area contributed by atoms with Gasteiger partial charge in [-0.3, -0.25) is 29.0 Å². The van der Waals surface area contributed by atoms with E-state index in [-0.39, 0.29) is 43.9 Å². The van der Waals surface area contributed by atoms with Crippen molar-refractivity contribution in [3.8, 4) is 5.75 Å². The number of guanidine groups is 1. The second kappa shape index (κ2) is 15.6. The Hall–Kier alpha value is -4.40. The maximum Gasteiger partial charge on any atom is 0.322 e. The molecule has 0 saturated heterocycles. The van der Waals surface area contributed by atoms with Gasteiger partial charge in [0.1, 0.15) is 24.4 Å². The van der Waals surface area contributed by atoms with Gasteiger partial charge in [0, 0.05) is 19.4 Å². The number of aliphatic carboxylic acids is 1. The van der Waals surface area contributed by atoms with Gasteiger partial charge >= 0.3 is 5.97 Å². The van der Waals surface area contributed by atoms with Crippen molar-refractivity contribution in [2.45, 2.75) is 50.2 Å². The Morgan fingerprint density at radius 3 is 2.08 bits per heavy atom. The van der Waals surface area contributed by atoms with Gasteiger partial charge in [-0.25, -0.2) is 0 Å². The first kappa shape index (κ1) is 30.6. The highest BCUT2D eigenvalue weighted by Crippen LogP contribution is 2.12. The summed E-state index contributed by atoms with van der Waals surface area (Å²) in [5.41, 5.74) is 22.1. The molecular weight excluding hydrogens is 488 g/mol. The molecular formula is C22H34N8O7. The van der Waals surface area contributed by atoms with Gasteiger partial charge in [-0.1, -0.05) is 12.1 Å². The number of hydrogen-bond acceptors (Lipinski definition) is 8. The Morgan fingerprint density at radius 1 is 0.892 bits per heavy atom. The highest BCUT2D eigenvalue weighted by molar-refractivity contribution is 5.94. The van der Waals surface area contributed by atoms with Gasteiger partial charge in [0.2, 0.25) is 23.6 Å². The summed E-state index contributed by atoms with van der Waals surface area (Å²) in [6.45, 7) is -0.434. The number of primary amides is 1. The fraction of sp³-hybridized carbons (Fsp3) is 0.455. The van der Waals surface area contributed by atoms with Crippen molar-refractivity contribution in [2.24, 2.45) is 27.9 Å². The molecule has 0 spiro atoms. The van der Waals surface area contributed by atoms with E-state index in [9.17, 15) is 29.1 Å². The molecule has 0 aromatic heterocycles. The zero-order valence-corrected chi connectivity index (χ0v) is 20.2. The van der Waals surface area contributed by atoms with Gasteiger partial charge in [0.15, 0.2) is 5.96 Å². The fourth-order valence-electron chi connectivity index (χ4n) is 3.12. The van der Waals surface area contributed by atoms with Crippen LogP contribution < -0.4 is 38.9 Å². The number of nitrogens with zero attached hydrogens (tertiary/aromatic N) is 1. The predicted molar refractivity (Wildman–Crippen MR) is 133 cm³/mol. The second-order valence-corrected chi connectivity index (χ2v) is 8.16. The molecule has 15 nitrogen and oxygen atoms in total. The van der Waals surface area contributed by atoms with E-state index >= 15 is 0 Å². The summed E-state index contributed by atoms with van der Waals surface area (Å²) in [6, 6.07) is 2.29. The summed E-state index contributed by atoms with van der Waals surface area (Å²) in [4.78, 5) is 64.2. The molecule has 1 aromatic carbocycles. The summed E-state index contributed by atoms with van der Waals surface area (Å²) in [5, 5.41) is 25.5. The smallest absolute Gasteiger partial charge is 0.322 e. The number of hydrogen-bond donors (Lipinski definition) is 9. The molecule has 0 saturated carbocycles. The van der Waals surface area contributed by atoms with Crippen LogP contribution in [0.4, 0.5) is 0 Å². The molecule has 3 unspecified atom stereocenters. The largest absolute Gasteiger partial charge is 0.508 e. The van der Waals surface area contributed by atoms with E-state index in [1.807, 2.05) is 0 Å². The lowest BCUT2D eigenvalue weighted by Gasteiger charge is -2.24. The Balaban J connectivity index is 2.97. The number of carboxylic acid groups (broad SMARTS) is 1. The first-order valence-electron chi connectivity index (χ1n) is 11.4.